The van der Waals surface area contributed by atoms with Gasteiger partial charge in [0.1, 0.15) is 0 Å². The number of rotatable bonds is 9. The van der Waals surface area contributed by atoms with E-state index in [1.807, 2.05) is 30.3 Å². The second-order valence-electron chi connectivity index (χ2n) is 7.05. The number of hydrogen-bond donors (Lipinski definition) is 3. The molecule has 3 N–H and O–H groups in total. The van der Waals surface area contributed by atoms with Crippen LogP contribution in [-0.2, 0) is 11.3 Å². The Labute approximate surface area is 187 Å². The van der Waals surface area contributed by atoms with E-state index < -0.39 is 0 Å². The molecule has 0 radical (unpaired) electrons. The molecular weight excluding hydrogens is 465 g/mol. The lowest BCUT2D eigenvalue weighted by atomic mass is 10.2. The van der Waals surface area contributed by atoms with E-state index in [4.69, 9.17) is 0 Å². The van der Waals surface area contributed by atoms with Crippen LogP contribution in [0.3, 0.4) is 0 Å². The van der Waals surface area contributed by atoms with Crippen molar-refractivity contribution >= 4 is 35.8 Å². The smallest absolute Gasteiger partial charge is 0.222 e. The molecule has 2 rings (SSSR count). The average molecular weight is 501 g/mol. The van der Waals surface area contributed by atoms with Crippen molar-refractivity contribution < 1.29 is 4.79 Å². The number of carbonyl (C=O) groups excluding carboxylic acids is 1. The van der Waals surface area contributed by atoms with Gasteiger partial charge in [-0.2, -0.15) is 0 Å². The van der Waals surface area contributed by atoms with Crippen molar-refractivity contribution in [1.29, 1.82) is 0 Å². The first-order valence-electron chi connectivity index (χ1n) is 10.3. The molecule has 7 heteroatoms. The third-order valence-electron chi connectivity index (χ3n) is 4.84. The standard InChI is InChI=1S/C21H35N5O.HI/c1-22-21(23-13-9-17-26-15-7-2-3-8-16-26)24-14-12-20(27)25-18-19-10-5-4-6-11-19;/h4-6,10-11H,2-3,7-9,12-18H2,1H3,(H,25,27)(H2,22,23,24);1H. The zero-order valence-corrected chi connectivity index (χ0v) is 19.4. The van der Waals surface area contributed by atoms with E-state index in [0.29, 0.717) is 19.5 Å². The van der Waals surface area contributed by atoms with Crippen LogP contribution in [0.4, 0.5) is 0 Å². The molecule has 0 unspecified atom stereocenters. The molecule has 1 aromatic carbocycles. The zero-order valence-electron chi connectivity index (χ0n) is 17.1. The molecule has 158 valence electrons. The number of aliphatic imine (C=N–C) groups is 1. The second-order valence-corrected chi connectivity index (χ2v) is 7.05. The highest BCUT2D eigenvalue weighted by Crippen LogP contribution is 2.09. The molecule has 0 saturated carbocycles. The summed E-state index contributed by atoms with van der Waals surface area (Å²) in [5, 5.41) is 9.49. The fourth-order valence-corrected chi connectivity index (χ4v) is 3.27. The predicted molar refractivity (Wildman–Crippen MR) is 127 cm³/mol. The van der Waals surface area contributed by atoms with Crippen LogP contribution in [-0.4, -0.2) is 56.5 Å². The van der Waals surface area contributed by atoms with E-state index in [-0.39, 0.29) is 29.9 Å². The molecule has 1 saturated heterocycles. The van der Waals surface area contributed by atoms with Crippen molar-refractivity contribution in [3.05, 3.63) is 35.9 Å². The van der Waals surface area contributed by atoms with Crippen molar-refractivity contribution in [2.75, 3.05) is 39.8 Å². The van der Waals surface area contributed by atoms with Gasteiger partial charge in [0.15, 0.2) is 5.96 Å². The Morgan fingerprint density at radius 1 is 1.00 bits per heavy atom. The molecule has 0 aromatic heterocycles. The maximum absolute atomic E-state index is 11.9. The minimum atomic E-state index is 0. The number of halogens is 1. The molecule has 1 aliphatic rings. The Kier molecular flexibility index (Phi) is 13.7. The number of nitrogens with one attached hydrogen (secondary N) is 3. The highest BCUT2D eigenvalue weighted by molar-refractivity contribution is 14.0. The number of hydrogen-bond acceptors (Lipinski definition) is 3. The Hall–Kier alpha value is -1.35. The van der Waals surface area contributed by atoms with Crippen LogP contribution in [0.25, 0.3) is 0 Å². The normalized spacial score (nSPS) is 15.2. The summed E-state index contributed by atoms with van der Waals surface area (Å²) < 4.78 is 0. The molecule has 0 aliphatic carbocycles. The van der Waals surface area contributed by atoms with Gasteiger partial charge in [0.25, 0.3) is 0 Å². The van der Waals surface area contributed by atoms with Crippen LogP contribution in [0, 0.1) is 0 Å². The molecule has 6 nitrogen and oxygen atoms in total. The lowest BCUT2D eigenvalue weighted by Gasteiger charge is -2.20. The van der Waals surface area contributed by atoms with E-state index in [1.165, 1.54) is 38.8 Å². The van der Waals surface area contributed by atoms with Gasteiger partial charge in [-0.15, -0.1) is 24.0 Å². The van der Waals surface area contributed by atoms with E-state index >= 15 is 0 Å². The van der Waals surface area contributed by atoms with E-state index in [0.717, 1.165) is 31.0 Å². The SMILES string of the molecule is CN=C(NCCCN1CCCCCC1)NCCC(=O)NCc1ccccc1.I. The lowest BCUT2D eigenvalue weighted by Crippen LogP contribution is -2.40. The summed E-state index contributed by atoms with van der Waals surface area (Å²) in [5.41, 5.74) is 1.11. The molecule has 1 amide bonds. The molecule has 1 aromatic rings. The molecule has 0 atom stereocenters. The third-order valence-corrected chi connectivity index (χ3v) is 4.84. The molecule has 1 heterocycles. The van der Waals surface area contributed by atoms with Crippen molar-refractivity contribution in [2.24, 2.45) is 4.99 Å². The first-order chi connectivity index (χ1) is 13.3. The van der Waals surface area contributed by atoms with Crippen LogP contribution >= 0.6 is 24.0 Å². The third kappa shape index (κ3) is 10.8. The Balaban J connectivity index is 0.00000392. The van der Waals surface area contributed by atoms with Crippen LogP contribution in [0.5, 0.6) is 0 Å². The summed E-state index contributed by atoms with van der Waals surface area (Å²) in [6, 6.07) is 9.95. The van der Waals surface area contributed by atoms with Gasteiger partial charge in [-0.05, 0) is 44.5 Å². The number of likely N-dealkylation sites (tertiary alicyclic amines) is 1. The average Bonchev–Trinajstić information content (AvgIpc) is 2.98. The second kappa shape index (κ2) is 15.6. The predicted octanol–water partition coefficient (Wildman–Crippen LogP) is 2.74. The monoisotopic (exact) mass is 501 g/mol. The fraction of sp³-hybridized carbons (Fsp3) is 0.619. The fourth-order valence-electron chi connectivity index (χ4n) is 3.27. The highest BCUT2D eigenvalue weighted by atomic mass is 127. The first-order valence-corrected chi connectivity index (χ1v) is 10.3. The molecule has 0 spiro atoms. The quantitative estimate of drug-likeness (QED) is 0.211. The minimum absolute atomic E-state index is 0. The maximum atomic E-state index is 11.9. The van der Waals surface area contributed by atoms with Crippen LogP contribution in [0.15, 0.2) is 35.3 Å². The number of carbonyl (C=O) groups is 1. The molecule has 28 heavy (non-hydrogen) atoms. The molecular formula is C21H36IN5O. The number of benzene rings is 1. The van der Waals surface area contributed by atoms with Gasteiger partial charge in [-0.3, -0.25) is 9.79 Å². The molecule has 1 aliphatic heterocycles. The lowest BCUT2D eigenvalue weighted by molar-refractivity contribution is -0.121. The maximum Gasteiger partial charge on any atom is 0.222 e. The van der Waals surface area contributed by atoms with Crippen LogP contribution in [0.1, 0.15) is 44.1 Å². The van der Waals surface area contributed by atoms with Gasteiger partial charge < -0.3 is 20.9 Å². The summed E-state index contributed by atoms with van der Waals surface area (Å²) in [6.45, 7) is 5.67. The number of nitrogens with zero attached hydrogens (tertiary/aromatic N) is 2. The number of guanidine groups is 1. The van der Waals surface area contributed by atoms with Crippen molar-refractivity contribution in [3.8, 4) is 0 Å². The van der Waals surface area contributed by atoms with Crippen molar-refractivity contribution in [2.45, 2.75) is 45.1 Å². The summed E-state index contributed by atoms with van der Waals surface area (Å²) in [5.74, 6) is 0.810. The molecule has 1 fully saturated rings. The molecule has 0 bridgehead atoms. The Bertz CT molecular complexity index is 559. The summed E-state index contributed by atoms with van der Waals surface area (Å²) >= 11 is 0. The first kappa shape index (κ1) is 24.7. The topological polar surface area (TPSA) is 68.8 Å². The van der Waals surface area contributed by atoms with Gasteiger partial charge in [-0.25, -0.2) is 0 Å². The highest BCUT2D eigenvalue weighted by Gasteiger charge is 2.08. The van der Waals surface area contributed by atoms with Crippen LogP contribution < -0.4 is 16.0 Å². The van der Waals surface area contributed by atoms with Gasteiger partial charge in [0.2, 0.25) is 5.91 Å². The Morgan fingerprint density at radius 3 is 2.36 bits per heavy atom. The Morgan fingerprint density at radius 2 is 1.68 bits per heavy atom. The summed E-state index contributed by atoms with van der Waals surface area (Å²) in [6.07, 6.45) is 6.97. The summed E-state index contributed by atoms with van der Waals surface area (Å²) in [4.78, 5) is 18.7. The largest absolute Gasteiger partial charge is 0.356 e. The number of amides is 1. The minimum Gasteiger partial charge on any atom is -0.356 e. The van der Waals surface area contributed by atoms with Gasteiger partial charge in [0.05, 0.1) is 0 Å². The summed E-state index contributed by atoms with van der Waals surface area (Å²) in [7, 11) is 1.76. The van der Waals surface area contributed by atoms with Crippen molar-refractivity contribution in [1.82, 2.24) is 20.9 Å². The zero-order chi connectivity index (χ0) is 19.2. The van der Waals surface area contributed by atoms with Crippen LogP contribution in [0.2, 0.25) is 0 Å². The van der Waals surface area contributed by atoms with E-state index in [9.17, 15) is 4.79 Å². The van der Waals surface area contributed by atoms with Gasteiger partial charge >= 0.3 is 0 Å². The van der Waals surface area contributed by atoms with Crippen molar-refractivity contribution in [3.63, 3.8) is 0 Å². The van der Waals surface area contributed by atoms with Gasteiger partial charge in [-0.1, -0.05) is 43.2 Å². The van der Waals surface area contributed by atoms with E-state index in [1.54, 1.807) is 7.05 Å². The van der Waals surface area contributed by atoms with E-state index in [2.05, 4.69) is 25.8 Å². The van der Waals surface area contributed by atoms with Gasteiger partial charge in [0, 0.05) is 33.1 Å².